The van der Waals surface area contributed by atoms with E-state index in [1.807, 2.05) is 0 Å². The maximum atomic E-state index is 13.1. The fraction of sp³-hybridized carbons (Fsp3) is 0.435. The number of aliphatic hydroxyl groups excluding tert-OH is 8. The molecule has 0 aliphatic carbocycles. The fourth-order valence-corrected chi connectivity index (χ4v) is 8.16. The predicted octanol–water partition coefficient (Wildman–Crippen LogP) is 0.526. The van der Waals surface area contributed by atoms with E-state index in [9.17, 15) is 70.9 Å². The molecule has 2 aliphatic heterocycles. The van der Waals surface area contributed by atoms with Gasteiger partial charge in [0.2, 0.25) is 12.6 Å². The maximum Gasteiger partial charge on any atom is 0.229 e. The molecule has 0 bridgehead atoms. The highest BCUT2D eigenvalue weighted by Gasteiger charge is 2.46. The number of hydrogen-bond donors (Lipinski definition) is 12. The molecule has 4 aromatic carbocycles. The van der Waals surface area contributed by atoms with Gasteiger partial charge in [0, 0.05) is 22.3 Å². The summed E-state index contributed by atoms with van der Waals surface area (Å²) < 4.78 is 33.5. The van der Waals surface area contributed by atoms with E-state index in [-0.39, 0.29) is 105 Å². The third-order valence-electron chi connectivity index (χ3n) is 11.7. The lowest BCUT2D eigenvalue weighted by Crippen LogP contribution is -2.60. The van der Waals surface area contributed by atoms with Crippen LogP contribution in [0.2, 0.25) is 0 Å². The standard InChI is InChI=1S/C46H54O20/c1-19(49)35-23(27(51)9-11-29(35)63-45-43(59)41(57)39(55)33(17-47)65-45)7-5-21-13-25(37(53)31(15-21)61-3)26-14-22(16-32(62-4)38(26)54)6-8-24-28(52)10-12-30(36(24)20(2)50)64-46-44(60)42(58)40(56)34(18-48)66-46/h9-16,33-34,39-48,51-60H,5-8,17-18H2,1-4H3. The Morgan fingerprint density at radius 2 is 0.879 bits per heavy atom. The number of rotatable bonds is 17. The number of methoxy groups -OCH3 is 2. The van der Waals surface area contributed by atoms with Crippen LogP contribution in [0.15, 0.2) is 48.5 Å². The lowest BCUT2D eigenvalue weighted by molar-refractivity contribution is -0.277. The smallest absolute Gasteiger partial charge is 0.229 e. The summed E-state index contributed by atoms with van der Waals surface area (Å²) in [5, 5.41) is 126. The first-order chi connectivity index (χ1) is 31.3. The van der Waals surface area contributed by atoms with E-state index in [2.05, 4.69) is 0 Å². The summed E-state index contributed by atoms with van der Waals surface area (Å²) in [6, 6.07) is 11.2. The van der Waals surface area contributed by atoms with E-state index >= 15 is 0 Å². The molecule has 20 heteroatoms. The zero-order valence-electron chi connectivity index (χ0n) is 36.3. The van der Waals surface area contributed by atoms with Gasteiger partial charge in [-0.15, -0.1) is 0 Å². The summed E-state index contributed by atoms with van der Waals surface area (Å²) in [6.45, 7) is 1.02. The Morgan fingerprint density at radius 3 is 1.20 bits per heavy atom. The predicted molar refractivity (Wildman–Crippen MR) is 228 cm³/mol. The highest BCUT2D eigenvalue weighted by atomic mass is 16.7. The van der Waals surface area contributed by atoms with Crippen LogP contribution in [0.1, 0.15) is 56.8 Å². The molecule has 10 atom stereocenters. The number of aromatic hydroxyl groups is 4. The Morgan fingerprint density at radius 1 is 0.515 bits per heavy atom. The number of benzene rings is 4. The molecular weight excluding hydrogens is 872 g/mol. The highest BCUT2D eigenvalue weighted by Crippen LogP contribution is 2.46. The summed E-state index contributed by atoms with van der Waals surface area (Å²) in [4.78, 5) is 26.2. The molecule has 2 aliphatic rings. The van der Waals surface area contributed by atoms with E-state index < -0.39 is 86.2 Å². The quantitative estimate of drug-likeness (QED) is 0.0643. The molecule has 0 spiro atoms. The molecule has 0 radical (unpaired) electrons. The lowest BCUT2D eigenvalue weighted by Gasteiger charge is -2.39. The largest absolute Gasteiger partial charge is 0.508 e. The third-order valence-corrected chi connectivity index (χ3v) is 11.7. The fourth-order valence-electron chi connectivity index (χ4n) is 8.16. The summed E-state index contributed by atoms with van der Waals surface area (Å²) >= 11 is 0. The maximum absolute atomic E-state index is 13.1. The van der Waals surface area contributed by atoms with Crippen LogP contribution in [0.5, 0.6) is 46.0 Å². The average molecular weight is 927 g/mol. The molecule has 66 heavy (non-hydrogen) atoms. The first kappa shape index (κ1) is 49.6. The van der Waals surface area contributed by atoms with Gasteiger partial charge in [0.05, 0.1) is 38.6 Å². The lowest BCUT2D eigenvalue weighted by atomic mass is 9.92. The minimum Gasteiger partial charge on any atom is -0.508 e. The van der Waals surface area contributed by atoms with Crippen LogP contribution in [-0.4, -0.2) is 162 Å². The van der Waals surface area contributed by atoms with Crippen LogP contribution in [0, 0.1) is 0 Å². The monoisotopic (exact) mass is 926 g/mol. The summed E-state index contributed by atoms with van der Waals surface area (Å²) in [5.41, 5.74) is 1.23. The molecule has 6 rings (SSSR count). The average Bonchev–Trinajstić information content (AvgIpc) is 3.29. The van der Waals surface area contributed by atoms with Crippen LogP contribution >= 0.6 is 0 Å². The van der Waals surface area contributed by atoms with Crippen molar-refractivity contribution in [3.05, 3.63) is 81.9 Å². The number of carbonyl (C=O) groups excluding carboxylic acids is 2. The van der Waals surface area contributed by atoms with Crippen LogP contribution in [-0.2, 0) is 35.2 Å². The number of phenols is 4. The Balaban J connectivity index is 1.30. The second-order valence-electron chi connectivity index (χ2n) is 16.0. The van der Waals surface area contributed by atoms with Gasteiger partial charge in [-0.25, -0.2) is 0 Å². The minimum absolute atomic E-state index is 0.00535. The van der Waals surface area contributed by atoms with Crippen molar-refractivity contribution in [2.75, 3.05) is 27.4 Å². The van der Waals surface area contributed by atoms with Crippen molar-refractivity contribution in [3.8, 4) is 57.1 Å². The van der Waals surface area contributed by atoms with Crippen LogP contribution in [0.25, 0.3) is 11.1 Å². The molecular formula is C46H54O20. The van der Waals surface area contributed by atoms with Crippen molar-refractivity contribution in [3.63, 3.8) is 0 Å². The molecule has 358 valence electrons. The van der Waals surface area contributed by atoms with Gasteiger partial charge in [0.15, 0.2) is 34.6 Å². The van der Waals surface area contributed by atoms with Gasteiger partial charge in [-0.2, -0.15) is 0 Å². The molecule has 2 saturated heterocycles. The molecule has 0 amide bonds. The number of carbonyl (C=O) groups is 2. The van der Waals surface area contributed by atoms with Crippen molar-refractivity contribution < 1.29 is 99.3 Å². The molecule has 10 unspecified atom stereocenters. The van der Waals surface area contributed by atoms with Gasteiger partial charge in [-0.1, -0.05) is 0 Å². The first-order valence-electron chi connectivity index (χ1n) is 20.8. The van der Waals surface area contributed by atoms with Gasteiger partial charge in [-0.05, 0) is 99.2 Å². The van der Waals surface area contributed by atoms with Crippen molar-refractivity contribution >= 4 is 11.6 Å². The van der Waals surface area contributed by atoms with E-state index in [4.69, 9.17) is 28.4 Å². The Labute approximate surface area is 377 Å². The van der Waals surface area contributed by atoms with Gasteiger partial charge in [-0.3, -0.25) is 9.59 Å². The van der Waals surface area contributed by atoms with Gasteiger partial charge >= 0.3 is 0 Å². The van der Waals surface area contributed by atoms with E-state index in [1.165, 1.54) is 64.5 Å². The molecule has 2 fully saturated rings. The van der Waals surface area contributed by atoms with E-state index in [0.717, 1.165) is 0 Å². The SMILES string of the molecule is COc1cc(CCc2c(O)ccc(OC3OC(CO)C(O)C(O)C3O)c2C(C)=O)cc(-c2cc(CCc3c(O)ccc(OC4OC(CO)C(O)C(O)C4O)c3C(C)=O)cc(OC)c2O)c1O. The second-order valence-corrected chi connectivity index (χ2v) is 16.0. The molecule has 0 saturated carbocycles. The Kier molecular flexibility index (Phi) is 15.7. The van der Waals surface area contributed by atoms with Crippen molar-refractivity contribution in [2.24, 2.45) is 0 Å². The summed E-state index contributed by atoms with van der Waals surface area (Å²) in [6.07, 6.45) is -16.0. The number of hydrogen-bond acceptors (Lipinski definition) is 20. The van der Waals surface area contributed by atoms with E-state index in [1.54, 1.807) is 12.1 Å². The summed E-state index contributed by atoms with van der Waals surface area (Å²) in [5.74, 6) is -2.67. The molecule has 0 aromatic heterocycles. The van der Waals surface area contributed by atoms with Crippen LogP contribution in [0.4, 0.5) is 0 Å². The molecule has 4 aromatic rings. The number of aryl methyl sites for hydroxylation is 2. The zero-order chi connectivity index (χ0) is 48.3. The normalized spacial score (nSPS) is 25.3. The topological polar surface area (TPSA) is 332 Å². The minimum atomic E-state index is -1.78. The van der Waals surface area contributed by atoms with Crippen LogP contribution in [0.3, 0.4) is 0 Å². The second kappa shape index (κ2) is 20.8. The number of ether oxygens (including phenoxy) is 6. The number of aliphatic hydroxyl groups is 8. The Bertz CT molecular complexity index is 2230. The number of phenolic OH excluding ortho intramolecular Hbond substituents is 4. The van der Waals surface area contributed by atoms with Crippen molar-refractivity contribution in [2.45, 2.75) is 101 Å². The van der Waals surface area contributed by atoms with Crippen molar-refractivity contribution in [1.82, 2.24) is 0 Å². The first-order valence-corrected chi connectivity index (χ1v) is 20.8. The van der Waals surface area contributed by atoms with Gasteiger partial charge in [0.1, 0.15) is 71.8 Å². The third kappa shape index (κ3) is 9.98. The number of ketones is 2. The van der Waals surface area contributed by atoms with E-state index in [0.29, 0.717) is 11.1 Å². The van der Waals surface area contributed by atoms with Crippen molar-refractivity contribution in [1.29, 1.82) is 0 Å². The van der Waals surface area contributed by atoms with Crippen LogP contribution < -0.4 is 18.9 Å². The highest BCUT2D eigenvalue weighted by molar-refractivity contribution is 5.99. The number of Topliss-reactive ketones (excluding diaryl/α,β-unsaturated/α-hetero) is 2. The van der Waals surface area contributed by atoms with Gasteiger partial charge in [0.25, 0.3) is 0 Å². The Hall–Kier alpha value is -5.78. The van der Waals surface area contributed by atoms with Gasteiger partial charge < -0.3 is 89.7 Å². The molecule has 12 N–H and O–H groups in total. The molecule has 2 heterocycles. The zero-order valence-corrected chi connectivity index (χ0v) is 36.3. The molecule has 20 nitrogen and oxygen atoms in total. The summed E-state index contributed by atoms with van der Waals surface area (Å²) in [7, 11) is 2.63.